The minimum atomic E-state index is -2.91. The quantitative estimate of drug-likeness (QED) is 0.266. The van der Waals surface area contributed by atoms with Crippen LogP contribution in [-0.4, -0.2) is 104 Å². The molecule has 2 heterocycles. The molecule has 0 aliphatic carbocycles. The van der Waals surface area contributed by atoms with Crippen molar-refractivity contribution in [2.75, 3.05) is 13.2 Å². The molecule has 2 aliphatic heterocycles. The molecule has 2 saturated heterocycles. The van der Waals surface area contributed by atoms with Crippen molar-refractivity contribution in [2.45, 2.75) is 62.2 Å². The zero-order valence-electron chi connectivity index (χ0n) is 14.4. The van der Waals surface area contributed by atoms with Gasteiger partial charge in [-0.05, 0) is 0 Å². The van der Waals surface area contributed by atoms with E-state index in [9.17, 15) is 30.6 Å². The van der Waals surface area contributed by atoms with E-state index in [2.05, 4.69) is 0 Å². The fourth-order valence-electron chi connectivity index (χ4n) is 2.42. The molecule has 7 N–H and O–H groups in total. The lowest BCUT2D eigenvalue weighted by atomic mass is 9.91. The van der Waals surface area contributed by atoms with E-state index in [0.717, 1.165) is 0 Å². The van der Waals surface area contributed by atoms with E-state index >= 15 is 0 Å². The molecule has 2 fully saturated rings. The van der Waals surface area contributed by atoms with E-state index in [1.807, 2.05) is 0 Å². The van der Waals surface area contributed by atoms with Crippen molar-refractivity contribution in [3.05, 3.63) is 0 Å². The molecule has 10 nitrogen and oxygen atoms in total. The second-order valence-corrected chi connectivity index (χ2v) is 5.64. The highest BCUT2D eigenvalue weighted by molar-refractivity contribution is 4.91. The molecular weight excluding hydrogens is 316 g/mol. The maximum Gasteiger partial charge on any atom is 0.189 e. The van der Waals surface area contributed by atoms with Gasteiger partial charge in [-0.15, -0.1) is 0 Å². The third-order valence-electron chi connectivity index (χ3n) is 4.08. The summed E-state index contributed by atoms with van der Waals surface area (Å²) >= 11 is 0. The van der Waals surface area contributed by atoms with Gasteiger partial charge in [0.2, 0.25) is 0 Å². The molecule has 0 saturated carbocycles. The van der Waals surface area contributed by atoms with Crippen LogP contribution in [0, 0.1) is 5.92 Å². The monoisotopic (exact) mass is 342 g/mol. The highest BCUT2D eigenvalue weighted by Crippen LogP contribution is 2.30. The van der Waals surface area contributed by atoms with Gasteiger partial charge in [0.15, 0.2) is 12.5 Å². The molecule has 0 aromatic carbocycles. The Balaban J connectivity index is 2.28. The fraction of sp³-hybridized carbons (Fsp3) is 1.00. The first-order valence-corrected chi connectivity index (χ1v) is 7.18. The lowest BCUT2D eigenvalue weighted by Crippen LogP contribution is -2.62. The Morgan fingerprint density at radius 3 is 1.78 bits per heavy atom. The Bertz CT molecular complexity index is 428. The maximum absolute atomic E-state index is 10.1. The number of aliphatic hydroxyl groups is 7. The summed E-state index contributed by atoms with van der Waals surface area (Å²) in [4.78, 5) is 0. The number of rotatable bonds is 4. The van der Waals surface area contributed by atoms with Gasteiger partial charge in [-0.2, -0.15) is 0 Å². The molecule has 0 radical (unpaired) electrons. The van der Waals surface area contributed by atoms with E-state index in [-0.39, 0.29) is 0 Å². The second-order valence-electron chi connectivity index (χ2n) is 5.64. The summed E-state index contributed by atoms with van der Waals surface area (Å²) in [6.45, 7) is 0.00486. The standard InChI is InChI=1S/C13H24O10/c1-4-5(2-14)21-12(10(19)7(4)16)23-13-11(20)9(18)8(17)6(3-15)22-13/h4-20H,2-3H2,1H3/t4-,5?,6?,7?,8-,9+,10?,11?,12-,13-/m1/s1/i12D,13D. The Labute approximate surface area is 135 Å². The van der Waals surface area contributed by atoms with E-state index in [0.29, 0.717) is 0 Å². The van der Waals surface area contributed by atoms with Gasteiger partial charge in [-0.3, -0.25) is 0 Å². The van der Waals surface area contributed by atoms with Gasteiger partial charge in [0.05, 0.1) is 28.2 Å². The SMILES string of the molecule is [2H][C@]1(O[C@@]2([2H])OC(CO)[C@@H](O)[C@H](O)C2O)OC(CO)[C@@H](C)C(O)C1O. The molecule has 2 aliphatic rings. The van der Waals surface area contributed by atoms with Gasteiger partial charge in [-0.25, -0.2) is 0 Å². The third-order valence-corrected chi connectivity index (χ3v) is 4.08. The summed E-state index contributed by atoms with van der Waals surface area (Å²) in [5.41, 5.74) is 0. The first-order valence-electron chi connectivity index (χ1n) is 8.18. The first kappa shape index (κ1) is 16.1. The Morgan fingerprint density at radius 1 is 0.783 bits per heavy atom. The molecule has 0 amide bonds. The van der Waals surface area contributed by atoms with E-state index in [4.69, 9.17) is 22.1 Å². The zero-order valence-corrected chi connectivity index (χ0v) is 12.4. The molecular formula is C13H24O10. The predicted octanol–water partition coefficient (Wildman–Crippen LogP) is -4.12. The molecule has 5 unspecified atom stereocenters. The molecule has 10 atom stereocenters. The van der Waals surface area contributed by atoms with Crippen molar-refractivity contribution in [2.24, 2.45) is 5.92 Å². The van der Waals surface area contributed by atoms with Crippen molar-refractivity contribution < 1.29 is 52.7 Å². The number of hydrogen-bond acceptors (Lipinski definition) is 10. The lowest BCUT2D eigenvalue weighted by molar-refractivity contribution is -0.372. The predicted molar refractivity (Wildman–Crippen MR) is 71.8 cm³/mol. The largest absolute Gasteiger partial charge is 0.394 e. The van der Waals surface area contributed by atoms with E-state index < -0.39 is 74.4 Å². The van der Waals surface area contributed by atoms with Crippen LogP contribution in [-0.2, 0) is 14.2 Å². The third kappa shape index (κ3) is 3.66. The average Bonchev–Trinajstić information content (AvgIpc) is 2.58. The van der Waals surface area contributed by atoms with Crippen LogP contribution in [0.1, 0.15) is 9.67 Å². The van der Waals surface area contributed by atoms with Crippen LogP contribution in [0.15, 0.2) is 0 Å². The first-order chi connectivity index (χ1) is 11.5. The number of hydrogen-bond donors (Lipinski definition) is 7. The normalized spacial score (nSPS) is 59.3. The molecule has 10 heteroatoms. The molecule has 0 aromatic rings. The maximum atomic E-state index is 10.1. The summed E-state index contributed by atoms with van der Waals surface area (Å²) < 4.78 is 31.2. The molecule has 136 valence electrons. The molecule has 0 aromatic heterocycles. The number of ether oxygens (including phenoxy) is 3. The molecule has 2 rings (SSSR count). The highest BCUT2D eigenvalue weighted by atomic mass is 16.8. The van der Waals surface area contributed by atoms with Gasteiger partial charge in [0, 0.05) is 5.92 Å². The Hall–Kier alpha value is -0.400. The summed E-state index contributed by atoms with van der Waals surface area (Å²) in [5.74, 6) is -0.765. The number of aliphatic hydroxyl groups excluding tert-OH is 7. The van der Waals surface area contributed by atoms with Crippen molar-refractivity contribution in [1.82, 2.24) is 0 Å². The summed E-state index contributed by atoms with van der Waals surface area (Å²) in [6.07, 6.45) is -17.8. The summed E-state index contributed by atoms with van der Waals surface area (Å²) in [5, 5.41) is 68.1. The smallest absolute Gasteiger partial charge is 0.189 e. The second kappa shape index (κ2) is 7.66. The lowest BCUT2D eigenvalue weighted by Gasteiger charge is -2.45. The van der Waals surface area contributed by atoms with Crippen LogP contribution < -0.4 is 0 Å². The van der Waals surface area contributed by atoms with Crippen LogP contribution >= 0.6 is 0 Å². The van der Waals surface area contributed by atoms with Crippen LogP contribution in [0.3, 0.4) is 0 Å². The average molecular weight is 342 g/mol. The molecule has 0 bridgehead atoms. The van der Waals surface area contributed by atoms with E-state index in [1.54, 1.807) is 0 Å². The van der Waals surface area contributed by atoms with E-state index in [1.165, 1.54) is 6.92 Å². The van der Waals surface area contributed by atoms with Crippen molar-refractivity contribution in [3.63, 3.8) is 0 Å². The Kier molecular flexibility index (Phi) is 5.36. The van der Waals surface area contributed by atoms with Crippen molar-refractivity contribution in [1.29, 1.82) is 0 Å². The summed E-state index contributed by atoms with van der Waals surface area (Å²) in [7, 11) is 0. The van der Waals surface area contributed by atoms with Crippen LogP contribution in [0.25, 0.3) is 0 Å². The summed E-state index contributed by atoms with van der Waals surface area (Å²) in [6, 6.07) is 0. The topological polar surface area (TPSA) is 169 Å². The van der Waals surface area contributed by atoms with Gasteiger partial charge >= 0.3 is 0 Å². The van der Waals surface area contributed by atoms with Gasteiger partial charge in [0.1, 0.15) is 30.5 Å². The minimum Gasteiger partial charge on any atom is -0.394 e. The fourth-order valence-corrected chi connectivity index (χ4v) is 2.42. The van der Waals surface area contributed by atoms with Gasteiger partial charge < -0.3 is 50.0 Å². The van der Waals surface area contributed by atoms with Crippen LogP contribution in [0.2, 0.25) is 0 Å². The van der Waals surface area contributed by atoms with Gasteiger partial charge in [-0.1, -0.05) is 6.92 Å². The van der Waals surface area contributed by atoms with Gasteiger partial charge in [0.25, 0.3) is 0 Å². The molecule has 0 spiro atoms. The highest BCUT2D eigenvalue weighted by Gasteiger charge is 2.48. The van der Waals surface area contributed by atoms with Crippen LogP contribution in [0.4, 0.5) is 0 Å². The van der Waals surface area contributed by atoms with Crippen molar-refractivity contribution in [3.8, 4) is 0 Å². The zero-order chi connectivity index (χ0) is 19.2. The van der Waals surface area contributed by atoms with Crippen molar-refractivity contribution >= 4 is 0 Å². The molecule has 23 heavy (non-hydrogen) atoms. The van der Waals surface area contributed by atoms with Crippen LogP contribution in [0.5, 0.6) is 0 Å². The Morgan fingerprint density at radius 2 is 1.26 bits per heavy atom. The minimum absolute atomic E-state index is 0.621.